The fourth-order valence-electron chi connectivity index (χ4n) is 1.59. The van der Waals surface area contributed by atoms with Gasteiger partial charge in [0.15, 0.2) is 5.15 Å². The highest BCUT2D eigenvalue weighted by atomic mass is 35.5. The van der Waals surface area contributed by atoms with Gasteiger partial charge in [-0.05, 0) is 23.7 Å². The molecule has 0 saturated carbocycles. The lowest BCUT2D eigenvalue weighted by atomic mass is 10.2. The van der Waals surface area contributed by atoms with Gasteiger partial charge in [-0.3, -0.25) is 0 Å². The molecule has 2 nitrogen and oxygen atoms in total. The van der Waals surface area contributed by atoms with Crippen LogP contribution in [0.15, 0.2) is 18.2 Å². The van der Waals surface area contributed by atoms with Gasteiger partial charge < -0.3 is 0 Å². The van der Waals surface area contributed by atoms with E-state index >= 15 is 0 Å². The van der Waals surface area contributed by atoms with Crippen molar-refractivity contribution in [1.29, 1.82) is 0 Å². The Morgan fingerprint density at radius 1 is 1.06 bits per heavy atom. The molecule has 0 spiro atoms. The van der Waals surface area contributed by atoms with Crippen LogP contribution in [-0.4, -0.2) is 9.97 Å². The molecule has 0 aliphatic rings. The van der Waals surface area contributed by atoms with Crippen LogP contribution in [0.25, 0.3) is 20.3 Å². The fourth-order valence-corrected chi connectivity index (χ4v) is 3.45. The Kier molecular flexibility index (Phi) is 2.44. The van der Waals surface area contributed by atoms with Gasteiger partial charge in [0.2, 0.25) is 5.28 Å². The highest BCUT2D eigenvalue weighted by molar-refractivity contribution is 7.26. The van der Waals surface area contributed by atoms with Crippen LogP contribution in [0.1, 0.15) is 0 Å². The van der Waals surface area contributed by atoms with Crippen LogP contribution < -0.4 is 0 Å². The zero-order valence-corrected chi connectivity index (χ0v) is 10.8. The number of halogens is 3. The predicted octanol–water partition coefficient (Wildman–Crippen LogP) is 4.80. The summed E-state index contributed by atoms with van der Waals surface area (Å²) in [5, 5.41) is 2.04. The van der Waals surface area contributed by atoms with E-state index in [4.69, 9.17) is 34.8 Å². The molecule has 0 radical (unpaired) electrons. The lowest BCUT2D eigenvalue weighted by Gasteiger charge is -1.95. The Morgan fingerprint density at radius 3 is 2.69 bits per heavy atom. The second kappa shape index (κ2) is 3.70. The topological polar surface area (TPSA) is 25.8 Å². The summed E-state index contributed by atoms with van der Waals surface area (Å²) in [5.41, 5.74) is 0.718. The summed E-state index contributed by atoms with van der Waals surface area (Å²) in [4.78, 5) is 8.10. The highest BCUT2D eigenvalue weighted by Gasteiger charge is 2.13. The Labute approximate surface area is 110 Å². The van der Waals surface area contributed by atoms with Gasteiger partial charge in [0.25, 0.3) is 0 Å². The van der Waals surface area contributed by atoms with E-state index in [-0.39, 0.29) is 5.28 Å². The monoisotopic (exact) mass is 288 g/mol. The molecule has 16 heavy (non-hydrogen) atoms. The van der Waals surface area contributed by atoms with Gasteiger partial charge in [0, 0.05) is 10.1 Å². The summed E-state index contributed by atoms with van der Waals surface area (Å²) in [6.07, 6.45) is 0. The molecule has 0 aliphatic heterocycles. The molecule has 0 bridgehead atoms. The molecule has 0 aliphatic carbocycles. The smallest absolute Gasteiger partial charge is 0.216 e. The van der Waals surface area contributed by atoms with Gasteiger partial charge in [-0.15, -0.1) is 11.3 Å². The molecule has 6 heteroatoms. The first-order chi connectivity index (χ1) is 7.66. The molecular weight excluding hydrogens is 287 g/mol. The Morgan fingerprint density at radius 2 is 1.88 bits per heavy atom. The minimum Gasteiger partial charge on any atom is -0.216 e. The molecule has 0 unspecified atom stereocenters. The average molecular weight is 290 g/mol. The van der Waals surface area contributed by atoms with E-state index in [0.717, 1.165) is 20.3 Å². The molecule has 2 heterocycles. The van der Waals surface area contributed by atoms with Crippen molar-refractivity contribution in [2.24, 2.45) is 0 Å². The van der Waals surface area contributed by atoms with E-state index in [1.165, 1.54) is 11.3 Å². The van der Waals surface area contributed by atoms with Gasteiger partial charge in [-0.25, -0.2) is 9.97 Å². The van der Waals surface area contributed by atoms with E-state index < -0.39 is 0 Å². The third kappa shape index (κ3) is 1.47. The Bertz CT molecular complexity index is 708. The largest absolute Gasteiger partial charge is 0.224 e. The van der Waals surface area contributed by atoms with Crippen LogP contribution in [0, 0.1) is 0 Å². The number of rotatable bonds is 0. The number of aromatic nitrogens is 2. The summed E-state index contributed by atoms with van der Waals surface area (Å²) in [5.74, 6) is 0. The molecule has 3 rings (SSSR count). The van der Waals surface area contributed by atoms with Crippen molar-refractivity contribution in [1.82, 2.24) is 9.97 Å². The van der Waals surface area contributed by atoms with E-state index in [1.54, 1.807) is 0 Å². The first kappa shape index (κ1) is 10.5. The van der Waals surface area contributed by atoms with Gasteiger partial charge in [-0.2, -0.15) is 0 Å². The van der Waals surface area contributed by atoms with Crippen LogP contribution in [0.2, 0.25) is 15.5 Å². The number of hydrogen-bond acceptors (Lipinski definition) is 3. The first-order valence-corrected chi connectivity index (χ1v) is 6.31. The van der Waals surface area contributed by atoms with Gasteiger partial charge in [0.05, 0.1) is 15.2 Å². The fraction of sp³-hybridized carbons (Fsp3) is 0. The molecule has 0 fully saturated rings. The van der Waals surface area contributed by atoms with Crippen molar-refractivity contribution in [3.8, 4) is 0 Å². The molecule has 0 amide bonds. The van der Waals surface area contributed by atoms with Gasteiger partial charge in [0.1, 0.15) is 0 Å². The quantitative estimate of drug-likeness (QED) is 0.438. The first-order valence-electron chi connectivity index (χ1n) is 4.36. The third-order valence-electron chi connectivity index (χ3n) is 2.22. The van der Waals surface area contributed by atoms with E-state index in [0.29, 0.717) is 10.2 Å². The molecule has 1 aromatic carbocycles. The number of benzene rings is 1. The maximum Gasteiger partial charge on any atom is 0.224 e. The van der Waals surface area contributed by atoms with Crippen molar-refractivity contribution >= 4 is 66.4 Å². The van der Waals surface area contributed by atoms with E-state index in [9.17, 15) is 0 Å². The predicted molar refractivity (Wildman–Crippen MR) is 70.0 cm³/mol. The normalized spacial score (nSPS) is 11.4. The standard InChI is InChI=1S/C10H3Cl3N2S/c11-4-2-1-3-5-6(4)7-8(16-5)9(12)15-10(13)14-7/h1-3H. The van der Waals surface area contributed by atoms with Crippen LogP contribution in [0.4, 0.5) is 0 Å². The maximum atomic E-state index is 6.14. The van der Waals surface area contributed by atoms with Crippen LogP contribution >= 0.6 is 46.1 Å². The highest BCUT2D eigenvalue weighted by Crippen LogP contribution is 2.39. The second-order valence-corrected chi connectivity index (χ2v) is 5.33. The zero-order valence-electron chi connectivity index (χ0n) is 7.67. The third-order valence-corrected chi connectivity index (χ3v) is 4.24. The van der Waals surface area contributed by atoms with Gasteiger partial charge in [-0.1, -0.05) is 29.3 Å². The number of hydrogen-bond donors (Lipinski definition) is 0. The lowest BCUT2D eigenvalue weighted by molar-refractivity contribution is 1.23. The molecular formula is C10H3Cl3N2S. The summed E-state index contributed by atoms with van der Waals surface area (Å²) >= 11 is 19.5. The average Bonchev–Trinajstić information content (AvgIpc) is 2.58. The summed E-state index contributed by atoms with van der Waals surface area (Å²) < 4.78 is 1.84. The van der Waals surface area contributed by atoms with Crippen LogP contribution in [-0.2, 0) is 0 Å². The van der Waals surface area contributed by atoms with Crippen LogP contribution in [0.3, 0.4) is 0 Å². The minimum atomic E-state index is 0.136. The van der Waals surface area contributed by atoms with Crippen molar-refractivity contribution in [3.05, 3.63) is 33.7 Å². The Hall–Kier alpha value is -0.610. The number of nitrogens with zero attached hydrogens (tertiary/aromatic N) is 2. The summed E-state index contributed by atoms with van der Waals surface area (Å²) in [6, 6.07) is 5.68. The van der Waals surface area contributed by atoms with Gasteiger partial charge >= 0.3 is 0 Å². The Balaban J connectivity index is 2.63. The summed E-state index contributed by atoms with van der Waals surface area (Å²) in [7, 11) is 0. The molecule has 2 aromatic heterocycles. The number of fused-ring (bicyclic) bond motifs is 3. The van der Waals surface area contributed by atoms with Crippen LogP contribution in [0.5, 0.6) is 0 Å². The van der Waals surface area contributed by atoms with E-state index in [1.807, 2.05) is 18.2 Å². The SMILES string of the molecule is Clc1nc(Cl)c2sc3cccc(Cl)c3c2n1. The second-order valence-electron chi connectivity index (χ2n) is 3.18. The summed E-state index contributed by atoms with van der Waals surface area (Å²) in [6.45, 7) is 0. The van der Waals surface area contributed by atoms with Crippen molar-refractivity contribution in [2.45, 2.75) is 0 Å². The maximum absolute atomic E-state index is 6.14. The zero-order chi connectivity index (χ0) is 11.3. The molecule has 0 N–H and O–H groups in total. The molecule has 80 valence electrons. The minimum absolute atomic E-state index is 0.136. The van der Waals surface area contributed by atoms with Crippen molar-refractivity contribution in [2.75, 3.05) is 0 Å². The number of thiophene rings is 1. The van der Waals surface area contributed by atoms with E-state index in [2.05, 4.69) is 9.97 Å². The molecule has 3 aromatic rings. The lowest BCUT2D eigenvalue weighted by Crippen LogP contribution is -1.83. The van der Waals surface area contributed by atoms with Crippen molar-refractivity contribution < 1.29 is 0 Å². The molecule has 0 atom stereocenters. The van der Waals surface area contributed by atoms with Crippen molar-refractivity contribution in [3.63, 3.8) is 0 Å². The molecule has 0 saturated heterocycles.